The second kappa shape index (κ2) is 4.79. The van der Waals surface area contributed by atoms with E-state index in [9.17, 15) is 0 Å². The van der Waals surface area contributed by atoms with E-state index in [0.29, 0.717) is 0 Å². The van der Waals surface area contributed by atoms with E-state index in [1.807, 2.05) is 17.9 Å². The minimum Gasteiger partial charge on any atom is -0.307 e. The van der Waals surface area contributed by atoms with Crippen LogP contribution in [0.5, 0.6) is 0 Å². The van der Waals surface area contributed by atoms with E-state index < -0.39 is 0 Å². The fourth-order valence-electron chi connectivity index (χ4n) is 1.42. The van der Waals surface area contributed by atoms with Crippen LogP contribution in [0.4, 0.5) is 0 Å². The minimum atomic E-state index is 0.0116. The van der Waals surface area contributed by atoms with Gasteiger partial charge in [-0.05, 0) is 26.3 Å². The topological polar surface area (TPSA) is 29.9 Å². The van der Waals surface area contributed by atoms with E-state index in [0.717, 1.165) is 12.5 Å². The summed E-state index contributed by atoms with van der Waals surface area (Å²) < 4.78 is 1.85. The Morgan fingerprint density at radius 1 is 1.53 bits per heavy atom. The lowest BCUT2D eigenvalue weighted by Crippen LogP contribution is -2.38. The van der Waals surface area contributed by atoms with Gasteiger partial charge in [-0.2, -0.15) is 5.10 Å². The van der Waals surface area contributed by atoms with Crippen LogP contribution in [0.2, 0.25) is 0 Å². The van der Waals surface area contributed by atoms with Gasteiger partial charge in [-0.15, -0.1) is 0 Å². The second-order valence-electron chi connectivity index (χ2n) is 4.92. The smallest absolute Gasteiger partial charge is 0.0540 e. The first-order valence-corrected chi connectivity index (χ1v) is 5.70. The van der Waals surface area contributed by atoms with Crippen molar-refractivity contribution in [3.8, 4) is 0 Å². The number of hydrogen-bond acceptors (Lipinski definition) is 2. The van der Waals surface area contributed by atoms with Crippen LogP contribution in [-0.4, -0.2) is 16.3 Å². The van der Waals surface area contributed by atoms with Crippen molar-refractivity contribution in [2.75, 3.05) is 6.54 Å². The normalized spacial score (nSPS) is 14.2. The van der Waals surface area contributed by atoms with Crippen LogP contribution in [0.1, 0.15) is 39.7 Å². The summed E-state index contributed by atoms with van der Waals surface area (Å²) >= 11 is 0. The molecule has 15 heavy (non-hydrogen) atoms. The van der Waals surface area contributed by atoms with Gasteiger partial charge >= 0.3 is 0 Å². The van der Waals surface area contributed by atoms with Gasteiger partial charge in [0.2, 0.25) is 0 Å². The summed E-state index contributed by atoms with van der Waals surface area (Å²) in [6, 6.07) is 0. The van der Waals surface area contributed by atoms with Crippen LogP contribution in [0.25, 0.3) is 0 Å². The maximum atomic E-state index is 4.21. The summed E-state index contributed by atoms with van der Waals surface area (Å²) in [7, 11) is 1.95. The van der Waals surface area contributed by atoms with Crippen molar-refractivity contribution in [1.29, 1.82) is 0 Å². The number of nitrogens with one attached hydrogen (secondary N) is 1. The molecule has 0 bridgehead atoms. The summed E-state index contributed by atoms with van der Waals surface area (Å²) in [6.07, 6.45) is 5.23. The molecule has 86 valence electrons. The summed E-state index contributed by atoms with van der Waals surface area (Å²) in [4.78, 5) is 0. The van der Waals surface area contributed by atoms with Crippen molar-refractivity contribution in [3.05, 3.63) is 18.0 Å². The second-order valence-corrected chi connectivity index (χ2v) is 4.92. The van der Waals surface area contributed by atoms with Gasteiger partial charge in [0.05, 0.1) is 6.20 Å². The first-order valence-electron chi connectivity index (χ1n) is 5.70. The monoisotopic (exact) mass is 209 g/mol. The first-order chi connectivity index (χ1) is 6.95. The minimum absolute atomic E-state index is 0.0116. The fraction of sp³-hybridized carbons (Fsp3) is 0.750. The number of nitrogens with zero attached hydrogens (tertiary/aromatic N) is 2. The lowest BCUT2D eigenvalue weighted by molar-refractivity contribution is 0.360. The predicted molar refractivity (Wildman–Crippen MR) is 63.7 cm³/mol. The summed E-state index contributed by atoms with van der Waals surface area (Å²) in [5, 5.41) is 7.79. The largest absolute Gasteiger partial charge is 0.307 e. The predicted octanol–water partition coefficient (Wildman–Crippen LogP) is 2.29. The van der Waals surface area contributed by atoms with Crippen LogP contribution < -0.4 is 5.32 Å². The van der Waals surface area contributed by atoms with Gasteiger partial charge < -0.3 is 5.32 Å². The Labute approximate surface area is 92.9 Å². The average molecular weight is 209 g/mol. The molecule has 1 aromatic heterocycles. The number of hydrogen-bond donors (Lipinski definition) is 1. The Morgan fingerprint density at radius 3 is 2.67 bits per heavy atom. The van der Waals surface area contributed by atoms with Crippen molar-refractivity contribution in [3.63, 3.8) is 0 Å². The molecule has 0 spiro atoms. The third-order valence-corrected chi connectivity index (χ3v) is 3.02. The zero-order valence-corrected chi connectivity index (χ0v) is 10.5. The molecular formula is C12H23N3. The van der Waals surface area contributed by atoms with Crippen molar-refractivity contribution >= 4 is 0 Å². The Balaban J connectivity index is 2.59. The van der Waals surface area contributed by atoms with Crippen LogP contribution in [0.15, 0.2) is 12.4 Å². The molecule has 0 radical (unpaired) electrons. The maximum Gasteiger partial charge on any atom is 0.0540 e. The molecule has 3 heteroatoms. The highest BCUT2D eigenvalue weighted by Crippen LogP contribution is 2.19. The first kappa shape index (κ1) is 12.2. The molecule has 1 N–H and O–H groups in total. The zero-order valence-electron chi connectivity index (χ0n) is 10.5. The van der Waals surface area contributed by atoms with Gasteiger partial charge in [0.1, 0.15) is 0 Å². The molecule has 0 aliphatic heterocycles. The summed E-state index contributed by atoms with van der Waals surface area (Å²) in [5.41, 5.74) is 1.26. The van der Waals surface area contributed by atoms with Crippen LogP contribution >= 0.6 is 0 Å². The molecule has 1 rings (SSSR count). The Morgan fingerprint density at radius 2 is 2.20 bits per heavy atom. The summed E-state index contributed by atoms with van der Waals surface area (Å²) in [5.74, 6) is 0.723. The molecule has 0 amide bonds. The molecule has 1 heterocycles. The van der Waals surface area contributed by atoms with Crippen molar-refractivity contribution < 1.29 is 0 Å². The molecule has 0 saturated heterocycles. The van der Waals surface area contributed by atoms with E-state index in [1.165, 1.54) is 12.0 Å². The number of aromatic nitrogens is 2. The van der Waals surface area contributed by atoms with E-state index in [1.54, 1.807) is 0 Å². The average Bonchev–Trinajstić information content (AvgIpc) is 2.62. The highest BCUT2D eigenvalue weighted by Gasteiger charge is 2.21. The van der Waals surface area contributed by atoms with Gasteiger partial charge in [-0.25, -0.2) is 0 Å². The molecule has 0 aromatic carbocycles. The fourth-order valence-corrected chi connectivity index (χ4v) is 1.42. The van der Waals surface area contributed by atoms with E-state index in [-0.39, 0.29) is 5.54 Å². The number of rotatable bonds is 5. The van der Waals surface area contributed by atoms with Gasteiger partial charge in [0.25, 0.3) is 0 Å². The van der Waals surface area contributed by atoms with Crippen molar-refractivity contribution in [2.45, 2.75) is 39.7 Å². The molecule has 1 aromatic rings. The molecule has 0 fully saturated rings. The van der Waals surface area contributed by atoms with E-state index >= 15 is 0 Å². The SMILES string of the molecule is CCC(C)CNC(C)(C)c1cnn(C)c1. The highest BCUT2D eigenvalue weighted by molar-refractivity contribution is 5.15. The Bertz CT molecular complexity index is 302. The zero-order chi connectivity index (χ0) is 11.5. The molecule has 0 aliphatic carbocycles. The van der Waals surface area contributed by atoms with Gasteiger partial charge in [0, 0.05) is 24.3 Å². The lowest BCUT2D eigenvalue weighted by Gasteiger charge is -2.26. The molecule has 3 nitrogen and oxygen atoms in total. The highest BCUT2D eigenvalue weighted by atomic mass is 15.2. The molecule has 0 saturated carbocycles. The van der Waals surface area contributed by atoms with Gasteiger partial charge in [-0.1, -0.05) is 20.3 Å². The van der Waals surface area contributed by atoms with E-state index in [4.69, 9.17) is 0 Å². The quantitative estimate of drug-likeness (QED) is 0.806. The summed E-state index contributed by atoms with van der Waals surface area (Å²) in [6.45, 7) is 9.95. The molecule has 1 unspecified atom stereocenters. The molecular weight excluding hydrogens is 186 g/mol. The lowest BCUT2D eigenvalue weighted by atomic mass is 9.96. The molecule has 1 atom stereocenters. The third-order valence-electron chi connectivity index (χ3n) is 3.02. The number of aryl methyl sites for hydroxylation is 1. The Kier molecular flexibility index (Phi) is 3.91. The van der Waals surface area contributed by atoms with Crippen molar-refractivity contribution in [2.24, 2.45) is 13.0 Å². The van der Waals surface area contributed by atoms with Gasteiger partial charge in [-0.3, -0.25) is 4.68 Å². The standard InChI is InChI=1S/C12H23N3/c1-6-10(2)7-13-12(3,4)11-8-14-15(5)9-11/h8-10,13H,6-7H2,1-5H3. The van der Waals surface area contributed by atoms with Crippen LogP contribution in [-0.2, 0) is 12.6 Å². The molecule has 0 aliphatic rings. The maximum absolute atomic E-state index is 4.21. The van der Waals surface area contributed by atoms with Crippen LogP contribution in [0, 0.1) is 5.92 Å². The van der Waals surface area contributed by atoms with Gasteiger partial charge in [0.15, 0.2) is 0 Å². The van der Waals surface area contributed by atoms with E-state index in [2.05, 4.69) is 44.3 Å². The Hall–Kier alpha value is -0.830. The van der Waals surface area contributed by atoms with Crippen LogP contribution in [0.3, 0.4) is 0 Å². The van der Waals surface area contributed by atoms with Crippen molar-refractivity contribution in [1.82, 2.24) is 15.1 Å². The third kappa shape index (κ3) is 3.34.